The van der Waals surface area contributed by atoms with Gasteiger partial charge in [0.2, 0.25) is 5.60 Å². The van der Waals surface area contributed by atoms with Crippen molar-refractivity contribution in [1.82, 2.24) is 0 Å². The standard InChI is InChI=1S/C11H20O4Si/c1-6-8(15-16(3,4)5)11-9(14-11)7(2)13-10(11)12/h7-9H,6H2,1-5H3/t7-,8?,9-,11-/m0/s1. The number of rotatable bonds is 4. The van der Waals surface area contributed by atoms with Crippen LogP contribution in [0.15, 0.2) is 0 Å². The first kappa shape index (κ1) is 12.1. The zero-order valence-corrected chi connectivity index (χ0v) is 11.6. The minimum absolute atomic E-state index is 0.0960. The lowest BCUT2D eigenvalue weighted by molar-refractivity contribution is -0.156. The molecule has 0 N–H and O–H groups in total. The van der Waals surface area contributed by atoms with Gasteiger partial charge in [0, 0.05) is 0 Å². The summed E-state index contributed by atoms with van der Waals surface area (Å²) >= 11 is 0. The van der Waals surface area contributed by atoms with Crippen LogP contribution in [-0.2, 0) is 18.7 Å². The lowest BCUT2D eigenvalue weighted by Crippen LogP contribution is -2.44. The Labute approximate surface area is 97.4 Å². The van der Waals surface area contributed by atoms with Crippen molar-refractivity contribution in [2.24, 2.45) is 0 Å². The Bertz CT molecular complexity index is 312. The SMILES string of the molecule is CCC(O[Si](C)(C)C)[C@]12O[C@H]1[C@H](C)OC2=O. The molecule has 0 radical (unpaired) electrons. The molecular weight excluding hydrogens is 224 g/mol. The van der Waals surface area contributed by atoms with Crippen LogP contribution in [0.2, 0.25) is 19.6 Å². The predicted molar refractivity (Wildman–Crippen MR) is 61.7 cm³/mol. The Morgan fingerprint density at radius 3 is 2.44 bits per heavy atom. The van der Waals surface area contributed by atoms with Gasteiger partial charge in [0.05, 0.1) is 6.10 Å². The minimum Gasteiger partial charge on any atom is -0.457 e. The molecule has 5 heteroatoms. The number of fused-ring (bicyclic) bond motifs is 1. The van der Waals surface area contributed by atoms with E-state index in [-0.39, 0.29) is 24.3 Å². The molecule has 0 spiro atoms. The summed E-state index contributed by atoms with van der Waals surface area (Å²) in [5, 5.41) is 0. The maximum Gasteiger partial charge on any atom is 0.344 e. The van der Waals surface area contributed by atoms with Crippen molar-refractivity contribution in [3.63, 3.8) is 0 Å². The first-order valence-electron chi connectivity index (χ1n) is 5.88. The van der Waals surface area contributed by atoms with E-state index >= 15 is 0 Å². The molecule has 0 saturated carbocycles. The van der Waals surface area contributed by atoms with E-state index in [1.165, 1.54) is 0 Å². The maximum absolute atomic E-state index is 11.8. The number of carbonyl (C=O) groups excluding carboxylic acids is 1. The van der Waals surface area contributed by atoms with Crippen LogP contribution in [0.4, 0.5) is 0 Å². The summed E-state index contributed by atoms with van der Waals surface area (Å²) < 4.78 is 16.8. The fourth-order valence-corrected chi connectivity index (χ4v) is 3.59. The van der Waals surface area contributed by atoms with E-state index in [1.807, 2.05) is 13.8 Å². The molecule has 0 aromatic rings. The molecule has 1 unspecified atom stereocenters. The number of hydrogen-bond acceptors (Lipinski definition) is 4. The number of cyclic esters (lactones) is 1. The first-order chi connectivity index (χ1) is 7.31. The van der Waals surface area contributed by atoms with Gasteiger partial charge >= 0.3 is 5.97 Å². The van der Waals surface area contributed by atoms with Gasteiger partial charge in [-0.1, -0.05) is 6.92 Å². The number of carbonyl (C=O) groups is 1. The molecule has 2 heterocycles. The van der Waals surface area contributed by atoms with Crippen LogP contribution in [0.3, 0.4) is 0 Å². The number of ether oxygens (including phenoxy) is 2. The van der Waals surface area contributed by atoms with Crippen molar-refractivity contribution in [2.75, 3.05) is 0 Å². The monoisotopic (exact) mass is 244 g/mol. The van der Waals surface area contributed by atoms with Gasteiger partial charge in [0.1, 0.15) is 12.2 Å². The number of esters is 1. The molecule has 0 aromatic heterocycles. The molecular formula is C11H20O4Si. The van der Waals surface area contributed by atoms with Gasteiger partial charge in [0.15, 0.2) is 8.32 Å². The Morgan fingerprint density at radius 2 is 2.12 bits per heavy atom. The summed E-state index contributed by atoms with van der Waals surface area (Å²) in [4.78, 5) is 11.8. The fraction of sp³-hybridized carbons (Fsp3) is 0.909. The first-order valence-corrected chi connectivity index (χ1v) is 9.29. The highest BCUT2D eigenvalue weighted by molar-refractivity contribution is 6.69. The van der Waals surface area contributed by atoms with Gasteiger partial charge in [-0.2, -0.15) is 0 Å². The van der Waals surface area contributed by atoms with Gasteiger partial charge < -0.3 is 13.9 Å². The number of epoxide rings is 1. The summed E-state index contributed by atoms with van der Waals surface area (Å²) in [7, 11) is -1.67. The van der Waals surface area contributed by atoms with Crippen LogP contribution in [0, 0.1) is 0 Å². The van der Waals surface area contributed by atoms with Crippen LogP contribution in [-0.4, -0.2) is 38.2 Å². The van der Waals surface area contributed by atoms with Gasteiger partial charge in [-0.05, 0) is 33.0 Å². The fourth-order valence-electron chi connectivity index (χ4n) is 2.40. The van der Waals surface area contributed by atoms with Gasteiger partial charge in [0.25, 0.3) is 0 Å². The summed E-state index contributed by atoms with van der Waals surface area (Å²) in [6.07, 6.45) is 0.400. The lowest BCUT2D eigenvalue weighted by Gasteiger charge is -2.27. The molecule has 0 aliphatic carbocycles. The molecule has 0 amide bonds. The molecule has 2 saturated heterocycles. The summed E-state index contributed by atoms with van der Waals surface area (Å²) in [6, 6.07) is 0. The van der Waals surface area contributed by atoms with Crippen LogP contribution >= 0.6 is 0 Å². The molecule has 2 fully saturated rings. The molecule has 2 aliphatic heterocycles. The van der Waals surface area contributed by atoms with Crippen molar-refractivity contribution in [3.8, 4) is 0 Å². The summed E-state index contributed by atoms with van der Waals surface area (Å²) in [6.45, 7) is 10.3. The second-order valence-corrected chi connectivity index (χ2v) is 10.0. The Kier molecular flexibility index (Phi) is 2.68. The second-order valence-electron chi connectivity index (χ2n) is 5.57. The van der Waals surface area contributed by atoms with E-state index in [0.717, 1.165) is 6.42 Å². The van der Waals surface area contributed by atoms with Crippen LogP contribution < -0.4 is 0 Å². The zero-order chi connectivity index (χ0) is 12.1. The Balaban J connectivity index is 2.15. The Morgan fingerprint density at radius 1 is 1.50 bits per heavy atom. The summed E-state index contributed by atoms with van der Waals surface area (Å²) in [5.41, 5.74) is -0.783. The van der Waals surface area contributed by atoms with Gasteiger partial charge in [-0.3, -0.25) is 0 Å². The second kappa shape index (κ2) is 3.55. The summed E-state index contributed by atoms with van der Waals surface area (Å²) in [5.74, 6) is -0.241. The third-order valence-corrected chi connectivity index (χ3v) is 4.06. The average Bonchev–Trinajstić information content (AvgIpc) is 2.83. The minimum atomic E-state index is -1.67. The molecule has 92 valence electrons. The normalized spacial score (nSPS) is 39.2. The van der Waals surface area contributed by atoms with E-state index in [0.29, 0.717) is 0 Å². The van der Waals surface area contributed by atoms with Crippen molar-refractivity contribution in [3.05, 3.63) is 0 Å². The smallest absolute Gasteiger partial charge is 0.344 e. The van der Waals surface area contributed by atoms with E-state index < -0.39 is 13.9 Å². The molecule has 0 bridgehead atoms. The highest BCUT2D eigenvalue weighted by Gasteiger charge is 2.75. The third kappa shape index (κ3) is 1.71. The van der Waals surface area contributed by atoms with Crippen LogP contribution in [0.5, 0.6) is 0 Å². The van der Waals surface area contributed by atoms with E-state index in [9.17, 15) is 4.79 Å². The van der Waals surface area contributed by atoms with Crippen LogP contribution in [0.25, 0.3) is 0 Å². The Hall–Kier alpha value is -0.393. The zero-order valence-electron chi connectivity index (χ0n) is 10.6. The van der Waals surface area contributed by atoms with Crippen molar-refractivity contribution in [2.45, 2.75) is 63.8 Å². The largest absolute Gasteiger partial charge is 0.457 e. The predicted octanol–water partition coefficient (Wildman–Crippen LogP) is 1.70. The molecule has 4 nitrogen and oxygen atoms in total. The van der Waals surface area contributed by atoms with E-state index in [2.05, 4.69) is 19.6 Å². The van der Waals surface area contributed by atoms with E-state index in [1.54, 1.807) is 0 Å². The van der Waals surface area contributed by atoms with Crippen LogP contribution in [0.1, 0.15) is 20.3 Å². The van der Waals surface area contributed by atoms with Crippen molar-refractivity contribution in [1.29, 1.82) is 0 Å². The quantitative estimate of drug-likeness (QED) is 0.429. The average molecular weight is 244 g/mol. The molecule has 16 heavy (non-hydrogen) atoms. The lowest BCUT2D eigenvalue weighted by atomic mass is 9.97. The molecule has 2 rings (SSSR count). The topological polar surface area (TPSA) is 48.1 Å². The van der Waals surface area contributed by atoms with Gasteiger partial charge in [-0.25, -0.2) is 4.79 Å². The third-order valence-electron chi connectivity index (χ3n) is 3.07. The number of hydrogen-bond donors (Lipinski definition) is 0. The van der Waals surface area contributed by atoms with Gasteiger partial charge in [-0.15, -0.1) is 0 Å². The highest BCUT2D eigenvalue weighted by atomic mass is 28.4. The maximum atomic E-state index is 11.8. The molecule has 4 atom stereocenters. The van der Waals surface area contributed by atoms with Crippen molar-refractivity contribution < 1.29 is 18.7 Å². The molecule has 0 aromatic carbocycles. The van der Waals surface area contributed by atoms with Crippen molar-refractivity contribution >= 4 is 14.3 Å². The highest BCUT2D eigenvalue weighted by Crippen LogP contribution is 2.51. The molecule has 2 aliphatic rings. The van der Waals surface area contributed by atoms with E-state index in [4.69, 9.17) is 13.9 Å².